The van der Waals surface area contributed by atoms with E-state index in [0.29, 0.717) is 15.7 Å². The quantitative estimate of drug-likeness (QED) is 0.796. The van der Waals surface area contributed by atoms with E-state index < -0.39 is 11.9 Å². The first-order valence-corrected chi connectivity index (χ1v) is 8.42. The molecule has 1 aromatic carbocycles. The zero-order valence-electron chi connectivity index (χ0n) is 13.7. The normalized spacial score (nSPS) is 17.5. The minimum Gasteiger partial charge on any atom is -0.478 e. The summed E-state index contributed by atoms with van der Waals surface area (Å²) in [5.74, 6) is -1.40. The highest BCUT2D eigenvalue weighted by molar-refractivity contribution is 6.34. The molecule has 0 aliphatic carbocycles. The molecule has 128 valence electrons. The van der Waals surface area contributed by atoms with Crippen LogP contribution >= 0.6 is 23.2 Å². The van der Waals surface area contributed by atoms with Gasteiger partial charge in [-0.05, 0) is 49.7 Å². The Kier molecular flexibility index (Phi) is 4.84. The summed E-state index contributed by atoms with van der Waals surface area (Å²) in [6.07, 6.45) is 5.29. The number of pyridine rings is 1. The number of carbonyl (C=O) groups is 1. The molecule has 1 N–H and O–H groups in total. The molecule has 1 atom stereocenters. The molecule has 2 aromatic rings. The zero-order valence-corrected chi connectivity index (χ0v) is 15.2. The van der Waals surface area contributed by atoms with E-state index in [1.165, 1.54) is 0 Å². The van der Waals surface area contributed by atoms with E-state index in [1.54, 1.807) is 37.5 Å². The SMILES string of the molecule is CC1=CC(c2cc(Cl)cc(Cl)c2)C(C(=O)O)=C(C)N1c1cccnc1. The molecule has 25 heavy (non-hydrogen) atoms. The summed E-state index contributed by atoms with van der Waals surface area (Å²) in [6.45, 7) is 3.74. The number of halogens is 2. The van der Waals surface area contributed by atoms with Crippen LogP contribution in [0.3, 0.4) is 0 Å². The lowest BCUT2D eigenvalue weighted by Gasteiger charge is -2.34. The number of rotatable bonds is 3. The Morgan fingerprint density at radius 2 is 1.88 bits per heavy atom. The van der Waals surface area contributed by atoms with Crippen LogP contribution in [-0.2, 0) is 4.79 Å². The molecule has 0 saturated heterocycles. The number of carboxylic acid groups (broad SMARTS) is 1. The van der Waals surface area contributed by atoms with Crippen LogP contribution in [0.25, 0.3) is 0 Å². The van der Waals surface area contributed by atoms with Crippen molar-refractivity contribution in [2.24, 2.45) is 0 Å². The van der Waals surface area contributed by atoms with E-state index in [9.17, 15) is 9.90 Å². The fraction of sp³-hybridized carbons (Fsp3) is 0.158. The second-order valence-corrected chi connectivity index (χ2v) is 6.71. The van der Waals surface area contributed by atoms with Gasteiger partial charge in [0.2, 0.25) is 0 Å². The molecule has 1 aromatic heterocycles. The van der Waals surface area contributed by atoms with Crippen LogP contribution in [0.5, 0.6) is 0 Å². The zero-order chi connectivity index (χ0) is 18.1. The van der Waals surface area contributed by atoms with Gasteiger partial charge >= 0.3 is 5.97 Å². The molecule has 2 heterocycles. The molecule has 0 radical (unpaired) electrons. The van der Waals surface area contributed by atoms with Crippen molar-refractivity contribution < 1.29 is 9.90 Å². The van der Waals surface area contributed by atoms with Crippen molar-refractivity contribution in [1.29, 1.82) is 0 Å². The number of aromatic nitrogens is 1. The Morgan fingerprint density at radius 3 is 2.44 bits per heavy atom. The highest BCUT2D eigenvalue weighted by Gasteiger charge is 2.31. The summed E-state index contributed by atoms with van der Waals surface area (Å²) in [5, 5.41) is 10.8. The fourth-order valence-corrected chi connectivity index (χ4v) is 3.74. The van der Waals surface area contributed by atoms with E-state index in [2.05, 4.69) is 4.98 Å². The standard InChI is InChI=1S/C19H16Cl2N2O2/c1-11-6-17(13-7-14(20)9-15(21)8-13)18(19(24)25)12(2)23(11)16-4-3-5-22-10-16/h3-10,17H,1-2H3,(H,24,25). The second kappa shape index (κ2) is 6.90. The van der Waals surface area contributed by atoms with Gasteiger partial charge < -0.3 is 10.0 Å². The summed E-state index contributed by atoms with van der Waals surface area (Å²) in [4.78, 5) is 18.0. The molecule has 6 heteroatoms. The molecule has 1 aliphatic heterocycles. The smallest absolute Gasteiger partial charge is 0.334 e. The Bertz CT molecular complexity index is 871. The van der Waals surface area contributed by atoms with Crippen molar-refractivity contribution in [2.45, 2.75) is 19.8 Å². The van der Waals surface area contributed by atoms with Crippen LogP contribution in [0.1, 0.15) is 25.3 Å². The molecule has 0 bridgehead atoms. The van der Waals surface area contributed by atoms with Gasteiger partial charge in [0.1, 0.15) is 0 Å². The summed E-state index contributed by atoms with van der Waals surface area (Å²) in [6, 6.07) is 8.84. The van der Waals surface area contributed by atoms with Gasteiger partial charge in [-0.3, -0.25) is 4.98 Å². The maximum Gasteiger partial charge on any atom is 0.334 e. The van der Waals surface area contributed by atoms with Gasteiger partial charge in [0.15, 0.2) is 0 Å². The Morgan fingerprint density at radius 1 is 1.20 bits per heavy atom. The van der Waals surface area contributed by atoms with Gasteiger partial charge in [0, 0.05) is 33.6 Å². The van der Waals surface area contributed by atoms with Crippen molar-refractivity contribution in [1.82, 2.24) is 4.98 Å². The van der Waals surface area contributed by atoms with Crippen LogP contribution < -0.4 is 4.90 Å². The number of allylic oxidation sites excluding steroid dienone is 3. The third kappa shape index (κ3) is 3.41. The molecule has 4 nitrogen and oxygen atoms in total. The van der Waals surface area contributed by atoms with Crippen LogP contribution in [0.15, 0.2) is 65.8 Å². The lowest BCUT2D eigenvalue weighted by atomic mass is 9.86. The monoisotopic (exact) mass is 374 g/mol. The van der Waals surface area contributed by atoms with Crippen molar-refractivity contribution in [3.05, 3.63) is 81.4 Å². The van der Waals surface area contributed by atoms with Crippen LogP contribution in [0, 0.1) is 0 Å². The molecule has 1 unspecified atom stereocenters. The molecular formula is C19H16Cl2N2O2. The summed E-state index contributed by atoms with van der Waals surface area (Å²) in [5.41, 5.74) is 3.40. The van der Waals surface area contributed by atoms with Gasteiger partial charge in [0.05, 0.1) is 17.5 Å². The average molecular weight is 375 g/mol. The first kappa shape index (κ1) is 17.5. The highest BCUT2D eigenvalue weighted by atomic mass is 35.5. The van der Waals surface area contributed by atoms with Gasteiger partial charge in [-0.15, -0.1) is 0 Å². The summed E-state index contributed by atoms with van der Waals surface area (Å²) >= 11 is 12.2. The first-order chi connectivity index (χ1) is 11.9. The highest BCUT2D eigenvalue weighted by Crippen LogP contribution is 2.40. The van der Waals surface area contributed by atoms with Crippen molar-refractivity contribution in [3.8, 4) is 0 Å². The van der Waals surface area contributed by atoms with E-state index in [1.807, 2.05) is 30.0 Å². The average Bonchev–Trinajstić information content (AvgIpc) is 2.54. The van der Waals surface area contributed by atoms with Gasteiger partial charge in [0.25, 0.3) is 0 Å². The number of benzene rings is 1. The molecule has 1 aliphatic rings. The van der Waals surface area contributed by atoms with Crippen molar-refractivity contribution in [2.75, 3.05) is 4.90 Å². The molecule has 0 spiro atoms. The fourth-order valence-electron chi connectivity index (χ4n) is 3.20. The van der Waals surface area contributed by atoms with Gasteiger partial charge in [-0.2, -0.15) is 0 Å². The number of hydrogen-bond donors (Lipinski definition) is 1. The van der Waals surface area contributed by atoms with Gasteiger partial charge in [-0.1, -0.05) is 29.3 Å². The van der Waals surface area contributed by atoms with E-state index in [0.717, 1.165) is 16.9 Å². The van der Waals surface area contributed by atoms with E-state index >= 15 is 0 Å². The van der Waals surface area contributed by atoms with E-state index in [4.69, 9.17) is 23.2 Å². The van der Waals surface area contributed by atoms with Gasteiger partial charge in [-0.25, -0.2) is 4.79 Å². The predicted octanol–water partition coefficient (Wildman–Crippen LogP) is 5.25. The Balaban J connectivity index is 2.16. The first-order valence-electron chi connectivity index (χ1n) is 7.67. The minimum absolute atomic E-state index is 0.285. The van der Waals surface area contributed by atoms with Crippen LogP contribution in [0.4, 0.5) is 5.69 Å². The number of aliphatic carboxylic acids is 1. The lowest BCUT2D eigenvalue weighted by Crippen LogP contribution is -2.29. The second-order valence-electron chi connectivity index (χ2n) is 5.84. The minimum atomic E-state index is -0.976. The number of nitrogens with zero attached hydrogens (tertiary/aromatic N) is 2. The largest absolute Gasteiger partial charge is 0.478 e. The number of hydrogen-bond acceptors (Lipinski definition) is 3. The third-order valence-corrected chi connectivity index (χ3v) is 4.61. The molecular weight excluding hydrogens is 359 g/mol. The molecule has 3 rings (SSSR count). The van der Waals surface area contributed by atoms with E-state index in [-0.39, 0.29) is 5.57 Å². The summed E-state index contributed by atoms with van der Waals surface area (Å²) < 4.78 is 0. The number of anilines is 1. The molecule has 0 fully saturated rings. The molecule has 0 saturated carbocycles. The topological polar surface area (TPSA) is 53.4 Å². The molecule has 0 amide bonds. The maximum atomic E-state index is 12.0. The lowest BCUT2D eigenvalue weighted by molar-refractivity contribution is -0.132. The summed E-state index contributed by atoms with van der Waals surface area (Å²) in [7, 11) is 0. The Hall–Kier alpha value is -2.30. The predicted molar refractivity (Wildman–Crippen MR) is 100 cm³/mol. The number of carboxylic acids is 1. The van der Waals surface area contributed by atoms with Crippen molar-refractivity contribution >= 4 is 34.9 Å². The van der Waals surface area contributed by atoms with Crippen LogP contribution in [-0.4, -0.2) is 16.1 Å². The Labute approximate surface area is 156 Å². The third-order valence-electron chi connectivity index (χ3n) is 4.18. The van der Waals surface area contributed by atoms with Crippen molar-refractivity contribution in [3.63, 3.8) is 0 Å². The van der Waals surface area contributed by atoms with Crippen LogP contribution in [0.2, 0.25) is 10.0 Å². The maximum absolute atomic E-state index is 12.0.